The van der Waals surface area contributed by atoms with E-state index in [4.69, 9.17) is 13.3 Å². The zero-order chi connectivity index (χ0) is 20.6. The van der Waals surface area contributed by atoms with E-state index in [1.807, 2.05) is 6.92 Å². The molecule has 0 aliphatic heterocycles. The Balaban J connectivity index is 2.37. The van der Waals surface area contributed by atoms with Crippen LogP contribution in [0.5, 0.6) is 0 Å². The molecule has 6 heteroatoms. The average Bonchev–Trinajstić information content (AvgIpc) is 2.75. The first-order valence-electron chi connectivity index (χ1n) is 11.7. The topological polar surface area (TPSA) is 44.8 Å². The number of rotatable bonds is 10. The highest BCUT2D eigenvalue weighted by molar-refractivity contribution is 6.78. The highest BCUT2D eigenvalue weighted by atomic mass is 28.4. The normalized spacial score (nSPS) is 22.2. The second-order valence-electron chi connectivity index (χ2n) is 9.15. The third-order valence-electron chi connectivity index (χ3n) is 7.49. The SMILES string of the molecule is CCC[Si](OC(=O)C(C)(CC)[Si](OC)OC)(C1CCCCC1)C1CCCCC1. The van der Waals surface area contributed by atoms with Gasteiger partial charge in [-0.15, -0.1) is 0 Å². The minimum Gasteiger partial charge on any atom is -0.518 e. The Bertz CT molecular complexity index is 453. The fraction of sp³-hybridized carbons (Fsp3) is 0.955. The molecule has 2 rings (SSSR count). The lowest BCUT2D eigenvalue weighted by molar-refractivity contribution is -0.140. The van der Waals surface area contributed by atoms with E-state index >= 15 is 0 Å². The summed E-state index contributed by atoms with van der Waals surface area (Å²) in [6.07, 6.45) is 14.8. The van der Waals surface area contributed by atoms with Gasteiger partial charge in [-0.2, -0.15) is 0 Å². The maximum atomic E-state index is 13.7. The van der Waals surface area contributed by atoms with Gasteiger partial charge in [0.2, 0.25) is 0 Å². The molecule has 1 atom stereocenters. The van der Waals surface area contributed by atoms with Crippen molar-refractivity contribution >= 4 is 23.6 Å². The average molecular weight is 428 g/mol. The molecule has 0 amide bonds. The lowest BCUT2D eigenvalue weighted by atomic mass is 9.99. The summed E-state index contributed by atoms with van der Waals surface area (Å²) in [7, 11) is -0.578. The maximum absolute atomic E-state index is 13.7. The molecule has 0 bridgehead atoms. The van der Waals surface area contributed by atoms with Crippen LogP contribution in [0.1, 0.15) is 97.8 Å². The molecule has 0 spiro atoms. The largest absolute Gasteiger partial charge is 0.518 e. The van der Waals surface area contributed by atoms with Gasteiger partial charge in [0.05, 0.1) is 0 Å². The highest BCUT2D eigenvalue weighted by Gasteiger charge is 2.55. The van der Waals surface area contributed by atoms with Crippen LogP contribution in [-0.2, 0) is 18.1 Å². The van der Waals surface area contributed by atoms with Gasteiger partial charge in [-0.3, -0.25) is 4.79 Å². The predicted molar refractivity (Wildman–Crippen MR) is 119 cm³/mol. The molecule has 2 aliphatic rings. The standard InChI is InChI=1S/C22H43O4Si2/c1-6-18-28(19-14-10-8-11-15-19,20-16-12-9-13-17-20)26-21(23)22(3,7-2)27(24-4)25-5/h19-20H,6-18H2,1-5H3. The first kappa shape index (κ1) is 24.1. The van der Waals surface area contributed by atoms with Gasteiger partial charge in [0.1, 0.15) is 5.04 Å². The quantitative estimate of drug-likeness (QED) is 0.373. The fourth-order valence-corrected chi connectivity index (χ4v) is 13.4. The lowest BCUT2D eigenvalue weighted by Crippen LogP contribution is -2.54. The van der Waals surface area contributed by atoms with Crippen molar-refractivity contribution in [2.45, 2.75) is 120 Å². The number of hydrogen-bond acceptors (Lipinski definition) is 4. The Morgan fingerprint density at radius 2 is 1.39 bits per heavy atom. The van der Waals surface area contributed by atoms with Crippen molar-refractivity contribution in [1.82, 2.24) is 0 Å². The zero-order valence-electron chi connectivity index (χ0n) is 19.0. The molecular weight excluding hydrogens is 384 g/mol. The van der Waals surface area contributed by atoms with Gasteiger partial charge in [-0.25, -0.2) is 0 Å². The van der Waals surface area contributed by atoms with Gasteiger partial charge in [0.25, 0.3) is 14.3 Å². The first-order chi connectivity index (χ1) is 13.5. The third-order valence-corrected chi connectivity index (χ3v) is 15.5. The fourth-order valence-electron chi connectivity index (χ4n) is 5.72. The van der Waals surface area contributed by atoms with Crippen LogP contribution >= 0.6 is 0 Å². The summed E-state index contributed by atoms with van der Waals surface area (Å²) in [5.74, 6) is -0.0242. The molecule has 2 fully saturated rings. The minimum atomic E-state index is -2.20. The van der Waals surface area contributed by atoms with E-state index in [1.165, 1.54) is 64.2 Å². The second kappa shape index (κ2) is 11.3. The van der Waals surface area contributed by atoms with Crippen molar-refractivity contribution in [1.29, 1.82) is 0 Å². The van der Waals surface area contributed by atoms with Crippen molar-refractivity contribution < 1.29 is 18.1 Å². The molecular formula is C22H43O4Si2. The Hall–Kier alpha value is -0.176. The summed E-state index contributed by atoms with van der Waals surface area (Å²) in [6, 6.07) is 1.13. The Morgan fingerprint density at radius 1 is 0.929 bits per heavy atom. The van der Waals surface area contributed by atoms with Crippen LogP contribution in [0, 0.1) is 0 Å². The number of carbonyl (C=O) groups excluding carboxylic acids is 1. The second-order valence-corrected chi connectivity index (χ2v) is 15.9. The van der Waals surface area contributed by atoms with E-state index in [2.05, 4.69) is 13.8 Å². The molecule has 1 unspecified atom stereocenters. The summed E-state index contributed by atoms with van der Waals surface area (Å²) in [4.78, 5) is 13.7. The van der Waals surface area contributed by atoms with Crippen LogP contribution in [0.4, 0.5) is 0 Å². The Morgan fingerprint density at radius 3 is 1.75 bits per heavy atom. The van der Waals surface area contributed by atoms with E-state index in [9.17, 15) is 4.79 Å². The van der Waals surface area contributed by atoms with Crippen molar-refractivity contribution in [2.75, 3.05) is 14.2 Å². The molecule has 0 aromatic carbocycles. The molecule has 1 radical (unpaired) electrons. The molecule has 4 nitrogen and oxygen atoms in total. The van der Waals surface area contributed by atoms with Gasteiger partial charge < -0.3 is 13.3 Å². The van der Waals surface area contributed by atoms with E-state index in [-0.39, 0.29) is 5.97 Å². The molecule has 163 valence electrons. The van der Waals surface area contributed by atoms with Crippen molar-refractivity contribution in [3.63, 3.8) is 0 Å². The summed E-state index contributed by atoms with van der Waals surface area (Å²) in [5, 5.41) is -0.649. The molecule has 28 heavy (non-hydrogen) atoms. The summed E-state index contributed by atoms with van der Waals surface area (Å²) in [6.45, 7) is 6.34. The van der Waals surface area contributed by atoms with Crippen LogP contribution in [0.15, 0.2) is 0 Å². The summed E-state index contributed by atoms with van der Waals surface area (Å²) < 4.78 is 18.1. The smallest absolute Gasteiger partial charge is 0.402 e. The predicted octanol–water partition coefficient (Wildman–Crippen LogP) is 6.51. The zero-order valence-corrected chi connectivity index (χ0v) is 21.0. The molecule has 2 saturated carbocycles. The van der Waals surface area contributed by atoms with Crippen LogP contribution in [0.2, 0.25) is 22.2 Å². The maximum Gasteiger partial charge on any atom is 0.402 e. The molecule has 0 N–H and O–H groups in total. The molecule has 0 aromatic heterocycles. The summed E-state index contributed by atoms with van der Waals surface area (Å²) >= 11 is 0. The van der Waals surface area contributed by atoms with E-state index in [1.54, 1.807) is 14.2 Å². The number of hydrogen-bond donors (Lipinski definition) is 0. The van der Waals surface area contributed by atoms with Gasteiger partial charge in [0, 0.05) is 14.2 Å². The van der Waals surface area contributed by atoms with Crippen LogP contribution in [0.3, 0.4) is 0 Å². The molecule has 0 saturated heterocycles. The monoisotopic (exact) mass is 427 g/mol. The van der Waals surface area contributed by atoms with E-state index < -0.39 is 22.6 Å². The highest BCUT2D eigenvalue weighted by Crippen LogP contribution is 2.52. The summed E-state index contributed by atoms with van der Waals surface area (Å²) in [5.41, 5.74) is 1.30. The van der Waals surface area contributed by atoms with E-state index in [0.717, 1.165) is 12.5 Å². The van der Waals surface area contributed by atoms with Crippen LogP contribution in [-0.4, -0.2) is 37.8 Å². The minimum absolute atomic E-state index is 0.0242. The van der Waals surface area contributed by atoms with Crippen LogP contribution < -0.4 is 0 Å². The Labute approximate surface area is 176 Å². The first-order valence-corrected chi connectivity index (χ1v) is 15.3. The van der Waals surface area contributed by atoms with Crippen LogP contribution in [0.25, 0.3) is 0 Å². The van der Waals surface area contributed by atoms with Gasteiger partial charge in [-0.1, -0.05) is 58.8 Å². The lowest BCUT2D eigenvalue weighted by Gasteiger charge is -2.47. The van der Waals surface area contributed by atoms with E-state index in [0.29, 0.717) is 17.5 Å². The molecule has 0 heterocycles. The number of carbonyl (C=O) groups is 1. The van der Waals surface area contributed by atoms with Crippen molar-refractivity contribution in [3.8, 4) is 0 Å². The van der Waals surface area contributed by atoms with Gasteiger partial charge >= 0.3 is 9.28 Å². The van der Waals surface area contributed by atoms with Crippen molar-refractivity contribution in [2.24, 2.45) is 0 Å². The Kier molecular flexibility index (Phi) is 9.71. The van der Waals surface area contributed by atoms with Gasteiger partial charge in [-0.05, 0) is 56.2 Å². The van der Waals surface area contributed by atoms with Gasteiger partial charge in [0.15, 0.2) is 0 Å². The third kappa shape index (κ3) is 5.11. The van der Waals surface area contributed by atoms with Crippen molar-refractivity contribution in [3.05, 3.63) is 0 Å². The molecule has 0 aromatic rings. The molecule has 2 aliphatic carbocycles.